The summed E-state index contributed by atoms with van der Waals surface area (Å²) in [4.78, 5) is 23.6. The van der Waals surface area contributed by atoms with Gasteiger partial charge in [-0.1, -0.05) is 94.7 Å². The Kier molecular flexibility index (Phi) is 14.0. The lowest BCUT2D eigenvalue weighted by Gasteiger charge is -2.05. The summed E-state index contributed by atoms with van der Waals surface area (Å²) in [6, 6.07) is 9.87. The van der Waals surface area contributed by atoms with E-state index in [0.717, 1.165) is 18.4 Å². The number of carbonyl (C=O) groups is 2. The smallest absolute Gasteiger partial charge is 0.259 e. The van der Waals surface area contributed by atoms with Crippen LogP contribution < -0.4 is 10.7 Å². The van der Waals surface area contributed by atoms with Crippen molar-refractivity contribution in [1.29, 1.82) is 0 Å². The molecule has 29 heavy (non-hydrogen) atoms. The zero-order valence-corrected chi connectivity index (χ0v) is 18.1. The number of benzene rings is 1. The summed E-state index contributed by atoms with van der Waals surface area (Å²) in [5, 5.41) is 6.67. The van der Waals surface area contributed by atoms with Gasteiger partial charge in [0.1, 0.15) is 0 Å². The van der Waals surface area contributed by atoms with Crippen LogP contribution in [0.3, 0.4) is 0 Å². The third-order valence-corrected chi connectivity index (χ3v) is 4.63. The second-order valence-electron chi connectivity index (χ2n) is 7.39. The highest BCUT2D eigenvalue weighted by molar-refractivity contribution is 5.97. The van der Waals surface area contributed by atoms with Crippen molar-refractivity contribution in [1.82, 2.24) is 10.7 Å². The lowest BCUT2D eigenvalue weighted by Crippen LogP contribution is -2.35. The average molecular weight is 400 g/mol. The highest BCUT2D eigenvalue weighted by atomic mass is 16.2. The van der Waals surface area contributed by atoms with E-state index in [9.17, 15) is 9.59 Å². The molecule has 160 valence electrons. The summed E-state index contributed by atoms with van der Waals surface area (Å²) in [6.07, 6.45) is 15.2. The zero-order chi connectivity index (χ0) is 21.2. The van der Waals surface area contributed by atoms with Gasteiger partial charge in [-0.15, -0.1) is 0 Å². The molecule has 5 nitrogen and oxygen atoms in total. The van der Waals surface area contributed by atoms with Crippen LogP contribution in [0.2, 0.25) is 0 Å². The van der Waals surface area contributed by atoms with Gasteiger partial charge in [0, 0.05) is 6.42 Å². The highest BCUT2D eigenvalue weighted by Crippen LogP contribution is 2.10. The molecule has 0 atom stereocenters. The van der Waals surface area contributed by atoms with Gasteiger partial charge in [0.25, 0.3) is 5.91 Å². The first-order chi connectivity index (χ1) is 14.1. The van der Waals surface area contributed by atoms with Gasteiger partial charge >= 0.3 is 0 Å². The van der Waals surface area contributed by atoms with Crippen molar-refractivity contribution in [2.45, 2.75) is 78.1 Å². The number of carbonyl (C=O) groups excluding carboxylic acids is 2. The Balaban J connectivity index is 2.07. The van der Waals surface area contributed by atoms with Gasteiger partial charge in [-0.3, -0.25) is 9.59 Å². The first-order valence-electron chi connectivity index (χ1n) is 10.9. The molecule has 0 aliphatic rings. The number of rotatable bonds is 15. The van der Waals surface area contributed by atoms with Crippen molar-refractivity contribution in [3.63, 3.8) is 0 Å². The first kappa shape index (κ1) is 24.6. The van der Waals surface area contributed by atoms with Gasteiger partial charge in [0.2, 0.25) is 5.91 Å². The Labute approximate surface area is 176 Å². The normalized spacial score (nSPS) is 11.6. The summed E-state index contributed by atoms with van der Waals surface area (Å²) < 4.78 is 0. The van der Waals surface area contributed by atoms with Gasteiger partial charge in [0.15, 0.2) is 0 Å². The molecule has 0 aliphatic carbocycles. The third-order valence-electron chi connectivity index (χ3n) is 4.63. The average Bonchev–Trinajstić information content (AvgIpc) is 2.74. The molecule has 1 aromatic carbocycles. The van der Waals surface area contributed by atoms with Crippen LogP contribution in [0.15, 0.2) is 41.5 Å². The number of amides is 2. The molecule has 0 saturated carbocycles. The fourth-order valence-electron chi connectivity index (χ4n) is 2.87. The molecule has 0 unspecified atom stereocenters. The fraction of sp³-hybridized carbons (Fsp3) is 0.542. The van der Waals surface area contributed by atoms with Gasteiger partial charge < -0.3 is 5.32 Å². The minimum Gasteiger partial charge on any atom is -0.347 e. The number of nitrogens with one attached hydrogen (secondary N) is 2. The van der Waals surface area contributed by atoms with E-state index in [2.05, 4.69) is 22.8 Å². The number of hydrazone groups is 1. The summed E-state index contributed by atoms with van der Waals surface area (Å²) in [7, 11) is 0. The molecular formula is C24H37N3O2. The van der Waals surface area contributed by atoms with Gasteiger partial charge in [-0.05, 0) is 25.0 Å². The predicted octanol–water partition coefficient (Wildman–Crippen LogP) is 5.23. The molecular weight excluding hydrogens is 362 g/mol. The molecule has 0 fully saturated rings. The molecule has 0 aromatic heterocycles. The maximum absolute atomic E-state index is 11.8. The van der Waals surface area contributed by atoms with E-state index in [4.69, 9.17) is 0 Å². The molecule has 0 aliphatic heterocycles. The highest BCUT2D eigenvalue weighted by Gasteiger charge is 2.04. The molecule has 0 spiro atoms. The van der Waals surface area contributed by atoms with Crippen LogP contribution in [0.4, 0.5) is 0 Å². The first-order valence-corrected chi connectivity index (χ1v) is 10.9. The zero-order valence-electron chi connectivity index (χ0n) is 18.1. The van der Waals surface area contributed by atoms with Gasteiger partial charge in [-0.2, -0.15) is 5.10 Å². The van der Waals surface area contributed by atoms with Gasteiger partial charge in [-0.25, -0.2) is 5.43 Å². The molecule has 0 heterocycles. The van der Waals surface area contributed by atoms with E-state index in [1.807, 2.05) is 49.4 Å². The summed E-state index contributed by atoms with van der Waals surface area (Å²) >= 11 is 0. The molecule has 5 heteroatoms. The number of allylic oxidation sites excluding steroid dienone is 1. The Morgan fingerprint density at radius 2 is 1.52 bits per heavy atom. The van der Waals surface area contributed by atoms with Crippen molar-refractivity contribution in [3.8, 4) is 0 Å². The molecule has 1 aromatic rings. The van der Waals surface area contributed by atoms with E-state index >= 15 is 0 Å². The van der Waals surface area contributed by atoms with Crippen LogP contribution in [0, 0.1) is 0 Å². The molecule has 1 rings (SSSR count). The van der Waals surface area contributed by atoms with Crippen molar-refractivity contribution in [2.24, 2.45) is 5.10 Å². The quantitative estimate of drug-likeness (QED) is 0.241. The third kappa shape index (κ3) is 14.3. The fourth-order valence-corrected chi connectivity index (χ4v) is 2.87. The van der Waals surface area contributed by atoms with Crippen LogP contribution in [0.5, 0.6) is 0 Å². The lowest BCUT2D eigenvalue weighted by atomic mass is 10.1. The van der Waals surface area contributed by atoms with Crippen LogP contribution >= 0.6 is 0 Å². The lowest BCUT2D eigenvalue weighted by molar-refractivity contribution is -0.126. The number of hydrogen-bond acceptors (Lipinski definition) is 3. The second-order valence-corrected chi connectivity index (χ2v) is 7.39. The predicted molar refractivity (Wildman–Crippen MR) is 122 cm³/mol. The van der Waals surface area contributed by atoms with Crippen molar-refractivity contribution in [2.75, 3.05) is 6.54 Å². The largest absolute Gasteiger partial charge is 0.347 e. The summed E-state index contributed by atoms with van der Waals surface area (Å²) in [6.45, 7) is 3.99. The van der Waals surface area contributed by atoms with Crippen molar-refractivity contribution < 1.29 is 9.59 Å². The Hall–Kier alpha value is -2.43. The second kappa shape index (κ2) is 16.5. The Bertz CT molecular complexity index is 639. The van der Waals surface area contributed by atoms with Crippen LogP contribution in [-0.2, 0) is 9.59 Å². The Morgan fingerprint density at radius 1 is 0.897 bits per heavy atom. The molecule has 0 radical (unpaired) electrons. The van der Waals surface area contributed by atoms with Crippen LogP contribution in [0.25, 0.3) is 6.08 Å². The summed E-state index contributed by atoms with van der Waals surface area (Å²) in [5.74, 6) is -0.398. The number of unbranched alkanes of at least 4 members (excludes halogenated alkanes) is 8. The van der Waals surface area contributed by atoms with Gasteiger partial charge in [0.05, 0.1) is 12.3 Å². The van der Waals surface area contributed by atoms with Crippen LogP contribution in [0.1, 0.15) is 83.6 Å². The van der Waals surface area contributed by atoms with Crippen LogP contribution in [-0.4, -0.2) is 24.1 Å². The van der Waals surface area contributed by atoms with E-state index in [1.165, 1.54) is 44.9 Å². The maximum Gasteiger partial charge on any atom is 0.259 e. The van der Waals surface area contributed by atoms with E-state index in [1.54, 1.807) is 0 Å². The number of nitrogens with zero attached hydrogens (tertiary/aromatic N) is 1. The topological polar surface area (TPSA) is 70.6 Å². The van der Waals surface area contributed by atoms with E-state index in [-0.39, 0.29) is 18.4 Å². The van der Waals surface area contributed by atoms with E-state index in [0.29, 0.717) is 12.1 Å². The molecule has 0 saturated heterocycles. The minimum absolute atomic E-state index is 0.0462. The Morgan fingerprint density at radius 3 is 2.17 bits per heavy atom. The maximum atomic E-state index is 11.8. The summed E-state index contributed by atoms with van der Waals surface area (Å²) in [5.41, 5.74) is 4.21. The van der Waals surface area contributed by atoms with E-state index < -0.39 is 0 Å². The van der Waals surface area contributed by atoms with Crippen molar-refractivity contribution >= 4 is 23.6 Å². The SMILES string of the molecule is CCCCCCCCCCCC(=O)NCC(=O)N/N=C(C)\C=C\c1ccccc1. The molecule has 2 amide bonds. The minimum atomic E-state index is -0.321. The van der Waals surface area contributed by atoms with Crippen molar-refractivity contribution in [3.05, 3.63) is 42.0 Å². The molecule has 0 bridgehead atoms. The monoisotopic (exact) mass is 399 g/mol. The molecule has 2 N–H and O–H groups in total. The standard InChI is InChI=1S/C24H37N3O2/c1-3-4-5-6-7-8-9-10-14-17-23(28)25-20-24(29)27-26-21(2)18-19-22-15-12-11-13-16-22/h11-13,15-16,18-19H,3-10,14,17,20H2,1-2H3,(H,25,28)(H,27,29)/b19-18+,26-21-. The number of hydrogen-bond donors (Lipinski definition) is 2.